The number of rotatable bonds is 6. The molecule has 0 aromatic rings. The van der Waals surface area contributed by atoms with E-state index in [9.17, 15) is 18.0 Å². The molecule has 4 rings (SSSR count). The van der Waals surface area contributed by atoms with Crippen molar-refractivity contribution in [3.05, 3.63) is 0 Å². The van der Waals surface area contributed by atoms with E-state index in [-0.39, 0.29) is 37.0 Å². The van der Waals surface area contributed by atoms with Crippen LogP contribution in [-0.2, 0) is 4.79 Å². The van der Waals surface area contributed by atoms with E-state index in [0.29, 0.717) is 25.9 Å². The molecule has 0 radical (unpaired) electrons. The van der Waals surface area contributed by atoms with Crippen LogP contribution in [0.2, 0.25) is 0 Å². The molecule has 0 saturated heterocycles. The third-order valence-electron chi connectivity index (χ3n) is 6.16. The zero-order valence-corrected chi connectivity index (χ0v) is 13.8. The molecule has 0 spiro atoms. The number of hydrogen-bond acceptors (Lipinski definition) is 2. The molecule has 1 amide bonds. The van der Waals surface area contributed by atoms with Crippen LogP contribution < -0.4 is 10.6 Å². The van der Waals surface area contributed by atoms with Gasteiger partial charge in [-0.15, -0.1) is 0 Å². The summed E-state index contributed by atoms with van der Waals surface area (Å²) < 4.78 is 41.0. The first-order chi connectivity index (χ1) is 10.8. The van der Waals surface area contributed by atoms with E-state index >= 15 is 0 Å². The molecule has 0 aromatic carbocycles. The Hall–Kier alpha value is -0.780. The predicted molar refractivity (Wildman–Crippen MR) is 81.8 cm³/mol. The number of nitrogens with one attached hydrogen (secondary N) is 2. The maximum Gasteiger partial charge on any atom is 0.394 e. The molecule has 4 saturated carbocycles. The first-order valence-electron chi connectivity index (χ1n) is 8.86. The van der Waals surface area contributed by atoms with Crippen molar-refractivity contribution >= 4 is 5.91 Å². The second kappa shape index (κ2) is 5.94. The van der Waals surface area contributed by atoms with Gasteiger partial charge in [-0.1, -0.05) is 6.92 Å². The van der Waals surface area contributed by atoms with Crippen molar-refractivity contribution in [2.24, 2.45) is 22.7 Å². The molecule has 3 nitrogen and oxygen atoms in total. The van der Waals surface area contributed by atoms with Gasteiger partial charge in [-0.2, -0.15) is 13.2 Å². The molecule has 4 fully saturated rings. The largest absolute Gasteiger partial charge is 0.394 e. The van der Waals surface area contributed by atoms with E-state index in [4.69, 9.17) is 0 Å². The summed E-state index contributed by atoms with van der Waals surface area (Å²) in [5, 5.41) is 6.10. The summed E-state index contributed by atoms with van der Waals surface area (Å²) >= 11 is 0. The molecule has 2 unspecified atom stereocenters. The molecule has 23 heavy (non-hydrogen) atoms. The van der Waals surface area contributed by atoms with E-state index in [1.807, 2.05) is 0 Å². The van der Waals surface area contributed by atoms with Crippen LogP contribution in [0.1, 0.15) is 51.9 Å². The van der Waals surface area contributed by atoms with Crippen molar-refractivity contribution in [3.63, 3.8) is 0 Å². The van der Waals surface area contributed by atoms with Gasteiger partial charge in [-0.3, -0.25) is 4.79 Å². The summed E-state index contributed by atoms with van der Waals surface area (Å²) in [7, 11) is 0. The third-order valence-corrected chi connectivity index (χ3v) is 6.16. The molecule has 2 atom stereocenters. The number of carbonyl (C=O) groups excluding carboxylic acids is 1. The van der Waals surface area contributed by atoms with Gasteiger partial charge in [0.1, 0.15) is 0 Å². The fourth-order valence-corrected chi connectivity index (χ4v) is 5.61. The van der Waals surface area contributed by atoms with Crippen molar-refractivity contribution in [1.29, 1.82) is 0 Å². The summed E-state index contributed by atoms with van der Waals surface area (Å²) in [6.45, 7) is 4.13. The van der Waals surface area contributed by atoms with Gasteiger partial charge < -0.3 is 10.6 Å². The van der Waals surface area contributed by atoms with Gasteiger partial charge in [-0.25, -0.2) is 0 Å². The van der Waals surface area contributed by atoms with E-state index in [1.165, 1.54) is 0 Å². The van der Waals surface area contributed by atoms with Crippen LogP contribution in [-0.4, -0.2) is 31.7 Å². The number of halogens is 3. The molecule has 132 valence electrons. The highest BCUT2D eigenvalue weighted by Gasteiger charge is 2.68. The van der Waals surface area contributed by atoms with Gasteiger partial charge >= 0.3 is 6.18 Å². The number of alkyl halides is 3. The van der Waals surface area contributed by atoms with Gasteiger partial charge in [0.05, 0.1) is 10.8 Å². The van der Waals surface area contributed by atoms with Crippen molar-refractivity contribution in [2.45, 2.75) is 58.0 Å². The fraction of sp³-hybridized carbons (Fsp3) is 0.941. The molecule has 6 heteroatoms. The predicted octanol–water partition coefficient (Wildman–Crippen LogP) is 3.25. The lowest BCUT2D eigenvalue weighted by Gasteiger charge is -2.61. The Morgan fingerprint density at radius 2 is 1.74 bits per heavy atom. The molecule has 4 bridgehead atoms. The van der Waals surface area contributed by atoms with Crippen LogP contribution in [0.15, 0.2) is 0 Å². The second-order valence-corrected chi connectivity index (χ2v) is 8.03. The molecule has 0 aromatic heterocycles. The molecular formula is C17H27F3N2O. The molecule has 4 aliphatic rings. The minimum absolute atomic E-state index is 0.00468. The fourth-order valence-electron chi connectivity index (χ4n) is 5.61. The minimum atomic E-state index is -4.18. The topological polar surface area (TPSA) is 41.1 Å². The highest BCUT2D eigenvalue weighted by atomic mass is 19.4. The van der Waals surface area contributed by atoms with Crippen LogP contribution in [0, 0.1) is 22.7 Å². The lowest BCUT2D eigenvalue weighted by molar-refractivity contribution is -0.283. The van der Waals surface area contributed by atoms with Crippen LogP contribution in [0.25, 0.3) is 0 Å². The molecular weight excluding hydrogens is 305 g/mol. The zero-order valence-electron chi connectivity index (χ0n) is 13.8. The number of amides is 1. The van der Waals surface area contributed by atoms with Crippen molar-refractivity contribution < 1.29 is 18.0 Å². The summed E-state index contributed by atoms with van der Waals surface area (Å²) in [4.78, 5) is 12.7. The van der Waals surface area contributed by atoms with Gasteiger partial charge in [0.25, 0.3) is 0 Å². The Morgan fingerprint density at radius 3 is 2.30 bits per heavy atom. The van der Waals surface area contributed by atoms with Crippen LogP contribution in [0.5, 0.6) is 0 Å². The van der Waals surface area contributed by atoms with Gasteiger partial charge in [-0.05, 0) is 63.3 Å². The lowest BCUT2D eigenvalue weighted by atomic mass is 9.43. The first kappa shape index (κ1) is 17.1. The summed E-state index contributed by atoms with van der Waals surface area (Å²) in [5.41, 5.74) is -2.38. The third kappa shape index (κ3) is 2.99. The highest BCUT2D eigenvalue weighted by Crippen LogP contribution is 2.69. The van der Waals surface area contributed by atoms with E-state index < -0.39 is 17.0 Å². The van der Waals surface area contributed by atoms with Crippen LogP contribution >= 0.6 is 0 Å². The van der Waals surface area contributed by atoms with E-state index in [0.717, 1.165) is 19.4 Å². The van der Waals surface area contributed by atoms with Crippen molar-refractivity contribution in [3.8, 4) is 0 Å². The summed E-state index contributed by atoms with van der Waals surface area (Å²) in [5.74, 6) is 0.00204. The van der Waals surface area contributed by atoms with Crippen molar-refractivity contribution in [2.75, 3.05) is 19.6 Å². The molecule has 4 aliphatic carbocycles. The normalized spacial score (nSPS) is 38.8. The van der Waals surface area contributed by atoms with Gasteiger partial charge in [0.2, 0.25) is 5.91 Å². The maximum absolute atomic E-state index is 13.7. The average molecular weight is 332 g/mol. The Bertz CT molecular complexity index is 449. The Kier molecular flexibility index (Phi) is 4.40. The highest BCUT2D eigenvalue weighted by molar-refractivity contribution is 5.83. The average Bonchev–Trinajstić information content (AvgIpc) is 2.44. The second-order valence-electron chi connectivity index (χ2n) is 8.03. The van der Waals surface area contributed by atoms with Gasteiger partial charge in [0.15, 0.2) is 0 Å². The summed E-state index contributed by atoms with van der Waals surface area (Å²) in [6, 6.07) is 0. The Labute approximate surface area is 135 Å². The van der Waals surface area contributed by atoms with E-state index in [2.05, 4.69) is 17.6 Å². The first-order valence-corrected chi connectivity index (χ1v) is 8.86. The number of carbonyl (C=O) groups is 1. The minimum Gasteiger partial charge on any atom is -0.354 e. The summed E-state index contributed by atoms with van der Waals surface area (Å²) in [6.07, 6.45) is -0.505. The zero-order chi connectivity index (χ0) is 16.7. The number of hydrogen-bond donors (Lipinski definition) is 2. The smallest absolute Gasteiger partial charge is 0.354 e. The Balaban J connectivity index is 1.68. The van der Waals surface area contributed by atoms with Crippen LogP contribution in [0.3, 0.4) is 0 Å². The molecule has 0 aliphatic heterocycles. The quantitative estimate of drug-likeness (QED) is 0.733. The van der Waals surface area contributed by atoms with E-state index in [1.54, 1.807) is 0 Å². The van der Waals surface area contributed by atoms with Gasteiger partial charge in [0, 0.05) is 13.1 Å². The lowest BCUT2D eigenvalue weighted by Crippen LogP contribution is -2.61. The molecule has 2 N–H and O–H groups in total. The standard InChI is InChI=1S/C17H27F3N2O/c1-2-3-21-4-5-22-14(23)15-7-12-6-13(8-15)10-16(9-12,11-15)17(18,19)20/h12-13,21H,2-11H2,1H3,(H,22,23). The Morgan fingerprint density at radius 1 is 1.09 bits per heavy atom. The van der Waals surface area contributed by atoms with Crippen molar-refractivity contribution in [1.82, 2.24) is 10.6 Å². The SMILES string of the molecule is CCCNCCNC(=O)C12CC3CC(C1)CC(C(F)(F)F)(C3)C2. The monoisotopic (exact) mass is 332 g/mol. The molecule has 0 heterocycles. The maximum atomic E-state index is 13.7. The van der Waals surface area contributed by atoms with Crippen LogP contribution in [0.4, 0.5) is 13.2 Å².